The normalized spacial score (nSPS) is 8.12. The van der Waals surface area contributed by atoms with Crippen LogP contribution in [0.4, 0.5) is 0 Å². The van der Waals surface area contributed by atoms with Crippen molar-refractivity contribution in [2.24, 2.45) is 0 Å². The molecule has 44 valence electrons. The molecule has 0 atom stereocenters. The number of carbonyl (C=O) groups excluding carboxylic acids is 1. The molecule has 0 aliphatic rings. The second kappa shape index (κ2) is 7.44. The molecule has 0 saturated carbocycles. The van der Waals surface area contributed by atoms with Gasteiger partial charge in [0.1, 0.15) is 6.29 Å². The molecule has 0 N–H and O–H groups in total. The molecule has 0 aliphatic heterocycles. The van der Waals surface area contributed by atoms with Crippen molar-refractivity contribution in [2.45, 2.75) is 28.9 Å². The van der Waals surface area contributed by atoms with E-state index in [1.807, 2.05) is 0 Å². The Morgan fingerprint density at radius 1 is 1.62 bits per heavy atom. The molecule has 0 spiro atoms. The molecule has 0 amide bonds. The van der Waals surface area contributed by atoms with Gasteiger partial charge in [0.15, 0.2) is 0 Å². The standard InChI is InChI=1S/C4H7O.C2H5.Mg/c1-2-3-4-5;1-2;/h4H,1-3H2;1H2,2H3;. The highest BCUT2D eigenvalue weighted by atomic mass is 24.5. The van der Waals surface area contributed by atoms with Crippen LogP contribution in [0.15, 0.2) is 0 Å². The van der Waals surface area contributed by atoms with Crippen molar-refractivity contribution in [3.05, 3.63) is 0 Å². The van der Waals surface area contributed by atoms with E-state index in [4.69, 9.17) is 0 Å². The van der Waals surface area contributed by atoms with Gasteiger partial charge >= 0.3 is 20.4 Å². The van der Waals surface area contributed by atoms with E-state index >= 15 is 0 Å². The zero-order valence-electron chi connectivity index (χ0n) is 5.52. The average molecular weight is 124 g/mol. The first kappa shape index (κ1) is 8.44. The Bertz CT molecular complexity index is 54.5. The molecule has 0 aliphatic carbocycles. The smallest absolute Gasteiger partial charge is 0.303 e. The fourth-order valence-electron chi connectivity index (χ4n) is 0.654. The summed E-state index contributed by atoms with van der Waals surface area (Å²) in [4.78, 5) is 9.78. The number of hydrogen-bond donors (Lipinski definition) is 0. The summed E-state index contributed by atoms with van der Waals surface area (Å²) in [6, 6.07) is 0. The Balaban J connectivity index is 2.62. The van der Waals surface area contributed by atoms with Gasteiger partial charge < -0.3 is 4.79 Å². The van der Waals surface area contributed by atoms with Crippen LogP contribution in [0.2, 0.25) is 9.10 Å². The van der Waals surface area contributed by atoms with Crippen molar-refractivity contribution in [3.63, 3.8) is 0 Å². The lowest BCUT2D eigenvalue weighted by Crippen LogP contribution is -1.85. The third-order valence-electron chi connectivity index (χ3n) is 1.18. The second-order valence-corrected chi connectivity index (χ2v) is 4.43. The molecule has 0 unspecified atom stereocenters. The minimum atomic E-state index is 0.242. The van der Waals surface area contributed by atoms with Crippen molar-refractivity contribution < 1.29 is 4.79 Å². The number of hydrogen-bond acceptors (Lipinski definition) is 1. The minimum Gasteiger partial charge on any atom is -0.303 e. The zero-order chi connectivity index (χ0) is 6.24. The number of aldehydes is 1. The molecule has 0 bridgehead atoms. The predicted molar refractivity (Wildman–Crippen MR) is 36.3 cm³/mol. The van der Waals surface area contributed by atoms with Gasteiger partial charge in [0, 0.05) is 6.42 Å². The van der Waals surface area contributed by atoms with Crippen molar-refractivity contribution >= 4 is 26.7 Å². The monoisotopic (exact) mass is 124 g/mol. The van der Waals surface area contributed by atoms with Crippen LogP contribution in [0, 0.1) is 0 Å². The molecular weight excluding hydrogens is 112 g/mol. The van der Waals surface area contributed by atoms with Gasteiger partial charge in [0.05, 0.1) is 0 Å². The highest BCUT2D eigenvalue weighted by molar-refractivity contribution is 6.35. The summed E-state index contributed by atoms with van der Waals surface area (Å²) < 4.78 is 2.74. The van der Waals surface area contributed by atoms with E-state index in [0.29, 0.717) is 0 Å². The summed E-state index contributed by atoms with van der Waals surface area (Å²) in [5.41, 5.74) is 0. The number of rotatable bonds is 5. The molecule has 0 aromatic rings. The van der Waals surface area contributed by atoms with Crippen molar-refractivity contribution in [1.82, 2.24) is 0 Å². The van der Waals surface area contributed by atoms with Crippen LogP contribution in [0.25, 0.3) is 0 Å². The Morgan fingerprint density at radius 3 is 2.88 bits per heavy atom. The molecule has 0 heterocycles. The van der Waals surface area contributed by atoms with Gasteiger partial charge in [-0.2, -0.15) is 0 Å². The molecule has 0 radical (unpaired) electrons. The maximum absolute atomic E-state index is 9.78. The predicted octanol–water partition coefficient (Wildman–Crippen LogP) is 1.53. The highest BCUT2D eigenvalue weighted by Crippen LogP contribution is 1.93. The fraction of sp³-hybridized carbons (Fsp3) is 0.833. The number of unbranched alkanes of at least 4 members (excludes halogenated alkanes) is 1. The molecule has 0 aromatic heterocycles. The van der Waals surface area contributed by atoms with Gasteiger partial charge in [-0.3, -0.25) is 0 Å². The van der Waals surface area contributed by atoms with Crippen molar-refractivity contribution in [3.8, 4) is 0 Å². The molecular formula is C6H12MgO. The van der Waals surface area contributed by atoms with E-state index < -0.39 is 0 Å². The molecule has 0 saturated heterocycles. The van der Waals surface area contributed by atoms with Crippen LogP contribution in [0.1, 0.15) is 19.8 Å². The third kappa shape index (κ3) is 6.44. The first-order valence-corrected chi connectivity index (χ1v) is 5.35. The summed E-state index contributed by atoms with van der Waals surface area (Å²) >= 11 is 0.242. The van der Waals surface area contributed by atoms with Crippen LogP contribution in [-0.2, 0) is 4.79 Å². The summed E-state index contributed by atoms with van der Waals surface area (Å²) in [6.07, 6.45) is 2.95. The molecule has 0 aromatic carbocycles. The summed E-state index contributed by atoms with van der Waals surface area (Å²) in [6.45, 7) is 2.23. The van der Waals surface area contributed by atoms with Crippen LogP contribution >= 0.6 is 0 Å². The topological polar surface area (TPSA) is 17.1 Å². The lowest BCUT2D eigenvalue weighted by atomic mass is 10.4. The first-order chi connectivity index (χ1) is 3.91. The molecule has 0 rings (SSSR count). The fourth-order valence-corrected chi connectivity index (χ4v) is 1.80. The van der Waals surface area contributed by atoms with Crippen LogP contribution in [0.3, 0.4) is 0 Å². The Hall–Kier alpha value is 0.436. The van der Waals surface area contributed by atoms with E-state index in [9.17, 15) is 4.79 Å². The van der Waals surface area contributed by atoms with Gasteiger partial charge in [-0.05, 0) is 0 Å². The second-order valence-electron chi connectivity index (χ2n) is 2.02. The molecule has 0 fully saturated rings. The summed E-state index contributed by atoms with van der Waals surface area (Å²) in [7, 11) is 0. The van der Waals surface area contributed by atoms with E-state index in [1.165, 1.54) is 9.10 Å². The molecule has 1 nitrogen and oxygen atoms in total. The van der Waals surface area contributed by atoms with Gasteiger partial charge in [-0.25, -0.2) is 0 Å². The highest BCUT2D eigenvalue weighted by Gasteiger charge is 1.89. The maximum atomic E-state index is 9.78. The van der Waals surface area contributed by atoms with E-state index in [0.717, 1.165) is 19.1 Å². The van der Waals surface area contributed by atoms with Crippen molar-refractivity contribution in [2.75, 3.05) is 0 Å². The SMILES string of the molecule is C[CH2][Mg][CH2]CCC=O. The summed E-state index contributed by atoms with van der Waals surface area (Å²) in [5.74, 6) is 0. The largest absolute Gasteiger partial charge is 0.363 e. The van der Waals surface area contributed by atoms with E-state index in [1.54, 1.807) is 0 Å². The van der Waals surface area contributed by atoms with E-state index in [2.05, 4.69) is 6.92 Å². The Kier molecular flexibility index (Phi) is 7.84. The van der Waals surface area contributed by atoms with Gasteiger partial charge in [-0.15, -0.1) is 9.10 Å². The average Bonchev–Trinajstić information content (AvgIpc) is 1.81. The minimum absolute atomic E-state index is 0.242. The van der Waals surface area contributed by atoms with Gasteiger partial charge in [-0.1, -0.05) is 13.3 Å². The quantitative estimate of drug-likeness (QED) is 0.309. The maximum Gasteiger partial charge on any atom is 0.363 e. The van der Waals surface area contributed by atoms with Gasteiger partial charge in [0.25, 0.3) is 0 Å². The van der Waals surface area contributed by atoms with Crippen LogP contribution in [-0.4, -0.2) is 26.7 Å². The Morgan fingerprint density at radius 2 is 2.38 bits per heavy atom. The van der Waals surface area contributed by atoms with Crippen LogP contribution in [0.5, 0.6) is 0 Å². The Labute approximate surface area is 60.6 Å². The van der Waals surface area contributed by atoms with E-state index in [-0.39, 0.29) is 20.4 Å². The van der Waals surface area contributed by atoms with Gasteiger partial charge in [0.2, 0.25) is 0 Å². The van der Waals surface area contributed by atoms with Crippen molar-refractivity contribution in [1.29, 1.82) is 0 Å². The third-order valence-corrected chi connectivity index (χ3v) is 2.88. The lowest BCUT2D eigenvalue weighted by molar-refractivity contribution is -0.107. The van der Waals surface area contributed by atoms with Crippen LogP contribution < -0.4 is 0 Å². The molecule has 2 heteroatoms. The molecule has 8 heavy (non-hydrogen) atoms. The first-order valence-electron chi connectivity index (χ1n) is 3.35. The zero-order valence-corrected chi connectivity index (χ0v) is 6.94. The summed E-state index contributed by atoms with van der Waals surface area (Å²) in [5, 5.41) is 0. The lowest BCUT2D eigenvalue weighted by Gasteiger charge is -1.87. The number of carbonyl (C=O) groups is 1.